The van der Waals surface area contributed by atoms with Gasteiger partial charge in [0, 0.05) is 27.2 Å². The second-order valence-corrected chi connectivity index (χ2v) is 12.8. The standard InChI is InChI=1S/C46H27NO2/c1-2-12-29(13-3-1)47-39-20-10-8-14-30(39)31-23-22-28(26-40(31)47)43-32-15-4-6-17-34(32)44(35-18-7-5-16-33(35)43)38-27-42-45(46-36(38)24-25-48-46)37-19-9-11-21-41(37)49-42/h1-27H. The van der Waals surface area contributed by atoms with Gasteiger partial charge in [0.05, 0.1) is 22.7 Å². The van der Waals surface area contributed by atoms with E-state index in [9.17, 15) is 0 Å². The lowest BCUT2D eigenvalue weighted by atomic mass is 9.85. The summed E-state index contributed by atoms with van der Waals surface area (Å²) in [5.41, 5.74) is 10.8. The van der Waals surface area contributed by atoms with Crippen molar-refractivity contribution < 1.29 is 8.83 Å². The Morgan fingerprint density at radius 1 is 0.408 bits per heavy atom. The Labute approximate surface area is 280 Å². The smallest absolute Gasteiger partial charge is 0.146 e. The summed E-state index contributed by atoms with van der Waals surface area (Å²) in [6.07, 6.45) is 1.80. The fourth-order valence-corrected chi connectivity index (χ4v) is 8.24. The number of nitrogens with zero attached hydrogens (tertiary/aromatic N) is 1. The van der Waals surface area contributed by atoms with Crippen LogP contribution >= 0.6 is 0 Å². The molecule has 0 bridgehead atoms. The van der Waals surface area contributed by atoms with Crippen LogP contribution in [-0.2, 0) is 0 Å². The molecule has 3 heterocycles. The number of rotatable bonds is 3. The number of aromatic nitrogens is 1. The lowest BCUT2D eigenvalue weighted by molar-refractivity contribution is 0.618. The highest BCUT2D eigenvalue weighted by molar-refractivity contribution is 6.27. The molecule has 3 aromatic heterocycles. The molecule has 11 aromatic rings. The molecule has 0 fully saturated rings. The zero-order valence-corrected chi connectivity index (χ0v) is 26.4. The third-order valence-electron chi connectivity index (χ3n) is 10.3. The van der Waals surface area contributed by atoms with Gasteiger partial charge in [0.1, 0.15) is 16.7 Å². The lowest BCUT2D eigenvalue weighted by Crippen LogP contribution is -1.94. The number of benzene rings is 8. The van der Waals surface area contributed by atoms with Crippen molar-refractivity contribution in [2.75, 3.05) is 0 Å². The van der Waals surface area contributed by atoms with Crippen molar-refractivity contribution >= 4 is 76.3 Å². The predicted molar refractivity (Wildman–Crippen MR) is 204 cm³/mol. The fraction of sp³-hybridized carbons (Fsp3) is 0. The van der Waals surface area contributed by atoms with Gasteiger partial charge in [-0.1, -0.05) is 115 Å². The molecule has 0 saturated heterocycles. The molecule has 0 atom stereocenters. The Morgan fingerprint density at radius 2 is 1.02 bits per heavy atom. The average molecular weight is 626 g/mol. The summed E-state index contributed by atoms with van der Waals surface area (Å²) in [4.78, 5) is 0. The Balaban J connectivity index is 1.25. The van der Waals surface area contributed by atoms with Crippen molar-refractivity contribution in [3.05, 3.63) is 164 Å². The van der Waals surface area contributed by atoms with Crippen LogP contribution in [0.2, 0.25) is 0 Å². The highest BCUT2D eigenvalue weighted by Gasteiger charge is 2.23. The summed E-state index contributed by atoms with van der Waals surface area (Å²) >= 11 is 0. The number of hydrogen-bond acceptors (Lipinski definition) is 2. The van der Waals surface area contributed by atoms with Gasteiger partial charge in [-0.2, -0.15) is 0 Å². The number of hydrogen-bond donors (Lipinski definition) is 0. The van der Waals surface area contributed by atoms with Gasteiger partial charge in [-0.3, -0.25) is 0 Å². The highest BCUT2D eigenvalue weighted by Crippen LogP contribution is 2.48. The van der Waals surface area contributed by atoms with Crippen molar-refractivity contribution in [3.63, 3.8) is 0 Å². The van der Waals surface area contributed by atoms with Crippen LogP contribution in [0.4, 0.5) is 0 Å². The van der Waals surface area contributed by atoms with Crippen LogP contribution < -0.4 is 0 Å². The Morgan fingerprint density at radius 3 is 1.78 bits per heavy atom. The van der Waals surface area contributed by atoms with Crippen molar-refractivity contribution in [1.82, 2.24) is 4.57 Å². The van der Waals surface area contributed by atoms with E-state index in [0.29, 0.717) is 0 Å². The summed E-state index contributed by atoms with van der Waals surface area (Å²) in [6, 6.07) is 56.5. The molecule has 0 radical (unpaired) electrons. The quantitative estimate of drug-likeness (QED) is 0.183. The maximum absolute atomic E-state index is 6.46. The van der Waals surface area contributed by atoms with Gasteiger partial charge < -0.3 is 13.4 Å². The molecule has 11 rings (SSSR count). The van der Waals surface area contributed by atoms with Crippen molar-refractivity contribution in [2.45, 2.75) is 0 Å². The van der Waals surface area contributed by atoms with E-state index < -0.39 is 0 Å². The normalized spacial score (nSPS) is 12.1. The van der Waals surface area contributed by atoms with E-state index in [4.69, 9.17) is 8.83 Å². The number of para-hydroxylation sites is 3. The summed E-state index contributed by atoms with van der Waals surface area (Å²) in [5.74, 6) is 0. The van der Waals surface area contributed by atoms with E-state index in [2.05, 4.69) is 150 Å². The van der Waals surface area contributed by atoms with Gasteiger partial charge in [0.2, 0.25) is 0 Å². The molecular weight excluding hydrogens is 599 g/mol. The minimum absolute atomic E-state index is 0.829. The summed E-state index contributed by atoms with van der Waals surface area (Å²) in [5, 5.41) is 10.5. The van der Waals surface area contributed by atoms with Gasteiger partial charge in [0.25, 0.3) is 0 Å². The van der Waals surface area contributed by atoms with Crippen molar-refractivity contribution in [1.29, 1.82) is 0 Å². The second kappa shape index (κ2) is 9.96. The van der Waals surface area contributed by atoms with Gasteiger partial charge in [-0.05, 0) is 86.3 Å². The first-order valence-electron chi connectivity index (χ1n) is 16.7. The summed E-state index contributed by atoms with van der Waals surface area (Å²) < 4.78 is 15.1. The van der Waals surface area contributed by atoms with Gasteiger partial charge in [0.15, 0.2) is 0 Å². The molecular formula is C46H27NO2. The highest BCUT2D eigenvalue weighted by atomic mass is 16.3. The van der Waals surface area contributed by atoms with Gasteiger partial charge in [-0.15, -0.1) is 0 Å². The van der Waals surface area contributed by atoms with Crippen LogP contribution in [0.1, 0.15) is 0 Å². The summed E-state index contributed by atoms with van der Waals surface area (Å²) in [7, 11) is 0. The maximum atomic E-state index is 6.46. The van der Waals surface area contributed by atoms with Crippen LogP contribution in [0.5, 0.6) is 0 Å². The minimum Gasteiger partial charge on any atom is -0.464 e. The first kappa shape index (κ1) is 26.5. The Kier molecular flexibility index (Phi) is 5.38. The van der Waals surface area contributed by atoms with E-state index in [-0.39, 0.29) is 0 Å². The fourth-order valence-electron chi connectivity index (χ4n) is 8.24. The third-order valence-corrected chi connectivity index (χ3v) is 10.3. The van der Waals surface area contributed by atoms with Crippen molar-refractivity contribution in [3.8, 4) is 27.9 Å². The first-order valence-corrected chi connectivity index (χ1v) is 16.7. The molecule has 0 N–H and O–H groups in total. The maximum Gasteiger partial charge on any atom is 0.146 e. The third kappa shape index (κ3) is 3.67. The second-order valence-electron chi connectivity index (χ2n) is 12.8. The van der Waals surface area contributed by atoms with Gasteiger partial charge in [-0.25, -0.2) is 0 Å². The van der Waals surface area contributed by atoms with Crippen LogP contribution in [0, 0.1) is 0 Å². The van der Waals surface area contributed by atoms with E-state index in [1.165, 1.54) is 60.0 Å². The van der Waals surface area contributed by atoms with Crippen molar-refractivity contribution in [2.24, 2.45) is 0 Å². The molecule has 49 heavy (non-hydrogen) atoms. The molecule has 3 heteroatoms. The van der Waals surface area contributed by atoms with Crippen LogP contribution in [0.3, 0.4) is 0 Å². The largest absolute Gasteiger partial charge is 0.464 e. The SMILES string of the molecule is c1ccc(-n2c3ccccc3c3ccc(-c4c5ccccc5c(-c5cc6oc7ccccc7c6c6occc56)c5ccccc45)cc32)cc1. The molecule has 228 valence electrons. The van der Waals surface area contributed by atoms with E-state index in [0.717, 1.165) is 44.2 Å². The lowest BCUT2D eigenvalue weighted by Gasteiger charge is -2.18. The van der Waals surface area contributed by atoms with E-state index in [1.54, 1.807) is 6.26 Å². The van der Waals surface area contributed by atoms with E-state index in [1.807, 2.05) is 12.1 Å². The van der Waals surface area contributed by atoms with Gasteiger partial charge >= 0.3 is 0 Å². The monoisotopic (exact) mass is 625 g/mol. The topological polar surface area (TPSA) is 31.2 Å². The molecule has 0 aliphatic heterocycles. The number of furan rings is 2. The molecule has 3 nitrogen and oxygen atoms in total. The Bertz CT molecular complexity index is 3050. The number of fused-ring (bicyclic) bond motifs is 10. The van der Waals surface area contributed by atoms with Crippen LogP contribution in [0.15, 0.2) is 173 Å². The molecule has 0 unspecified atom stereocenters. The molecule has 0 saturated carbocycles. The average Bonchev–Trinajstić information content (AvgIpc) is 3.88. The van der Waals surface area contributed by atoms with E-state index >= 15 is 0 Å². The molecule has 8 aromatic carbocycles. The molecule has 0 aliphatic rings. The summed E-state index contributed by atoms with van der Waals surface area (Å²) in [6.45, 7) is 0. The Hall–Kier alpha value is -6.58. The molecule has 0 aliphatic carbocycles. The molecule has 0 amide bonds. The van der Waals surface area contributed by atoms with Crippen LogP contribution in [0.25, 0.3) is 104 Å². The molecule has 0 spiro atoms. The van der Waals surface area contributed by atoms with Crippen LogP contribution in [-0.4, -0.2) is 4.57 Å². The zero-order valence-electron chi connectivity index (χ0n) is 26.4. The first-order chi connectivity index (χ1) is 24.3. The predicted octanol–water partition coefficient (Wildman–Crippen LogP) is 13.1. The minimum atomic E-state index is 0.829. The zero-order chi connectivity index (χ0) is 32.1.